The minimum Gasteiger partial charge on any atom is -0.397 e. The molecule has 18 heteroatoms. The molecule has 11 nitrogen and oxygen atoms in total. The van der Waals surface area contributed by atoms with E-state index in [-0.39, 0.29) is 41.2 Å². The van der Waals surface area contributed by atoms with Gasteiger partial charge in [-0.2, -0.15) is 19.0 Å². The Morgan fingerprint density at radius 2 is 1.78 bits per heavy atom. The van der Waals surface area contributed by atoms with Crippen LogP contribution >= 0.6 is 0 Å². The predicted molar refractivity (Wildman–Crippen MR) is 174 cm³/mol. The van der Waals surface area contributed by atoms with Crippen molar-refractivity contribution in [2.24, 2.45) is 13.0 Å². The molecule has 2 aliphatic carbocycles. The van der Waals surface area contributed by atoms with Gasteiger partial charge in [0.05, 0.1) is 34.9 Å². The van der Waals surface area contributed by atoms with Gasteiger partial charge >= 0.3 is 0 Å². The van der Waals surface area contributed by atoms with Crippen molar-refractivity contribution in [2.75, 3.05) is 16.7 Å². The zero-order valence-electron chi connectivity index (χ0n) is 27.2. The minimum atomic E-state index is -3.73. The quantitative estimate of drug-likeness (QED) is 0.158. The van der Waals surface area contributed by atoms with E-state index in [1.807, 2.05) is 0 Å². The number of amides is 1. The fraction of sp³-hybridized carbons (Fsp3) is 0.333. The molecule has 1 fully saturated rings. The normalized spacial score (nSPS) is 18.2. The zero-order valence-corrected chi connectivity index (χ0v) is 28.0. The highest BCUT2D eigenvalue weighted by Crippen LogP contribution is 2.68. The molecule has 51 heavy (non-hydrogen) atoms. The Labute approximate surface area is 286 Å². The first-order valence-corrected chi connectivity index (χ1v) is 17.5. The second-order valence-corrected chi connectivity index (χ2v) is 14.7. The van der Waals surface area contributed by atoms with Crippen molar-refractivity contribution in [3.8, 4) is 11.1 Å². The van der Waals surface area contributed by atoms with Crippen LogP contribution in [0.2, 0.25) is 0 Å². The number of sulfonamides is 1. The van der Waals surface area contributed by atoms with Crippen molar-refractivity contribution in [3.63, 3.8) is 0 Å². The average Bonchev–Trinajstić information content (AvgIpc) is 3.57. The number of nitrogens with zero attached hydrogens (tertiary/aromatic N) is 5. The van der Waals surface area contributed by atoms with E-state index in [9.17, 15) is 30.8 Å². The summed E-state index contributed by atoms with van der Waals surface area (Å²) >= 11 is 0. The number of nitrogens with one attached hydrogen (secondary N) is 2. The molecule has 0 spiro atoms. The molecular weight excluding hydrogens is 702 g/mol. The number of hydrogen-bond donors (Lipinski definition) is 3. The molecule has 1 saturated carbocycles. The number of carbonyl (C=O) groups is 1. The van der Waals surface area contributed by atoms with Crippen LogP contribution in [0.4, 0.5) is 37.8 Å². The molecule has 0 saturated heterocycles. The summed E-state index contributed by atoms with van der Waals surface area (Å²) in [4.78, 5) is 18.4. The van der Waals surface area contributed by atoms with E-state index >= 15 is 8.78 Å². The third kappa shape index (κ3) is 6.14. The number of fused-ring (bicyclic) bond motifs is 4. The first-order valence-electron chi connectivity index (χ1n) is 15.6. The standard InChI is InChI=1S/C33H30F6N8O3S/c1-14-23(40)12-20(18-5-4-6-19-29(18)46(2)44-32(19)45-51(3,49)50)27(41-14)24(9-15-7-16(34)10-17(35)8-15)42-25(48)13-47-30-26(28(43-47)31(36)37)21-11-22(21)33(30,38)39/h4-8,10,12,21-22,24,31H,9,11,13,40H2,1-3H3,(H,42,48)(H,44,45)/t21?,22-,24+/m1/s1. The number of benzene rings is 2. The molecule has 3 atom stereocenters. The van der Waals surface area contributed by atoms with Gasteiger partial charge in [0.2, 0.25) is 15.9 Å². The summed E-state index contributed by atoms with van der Waals surface area (Å²) in [5.74, 6) is -8.03. The molecule has 3 heterocycles. The SMILES string of the molecule is Cc1nc([C@H](Cc2cc(F)cc(F)c2)NC(=O)Cn2nc(C(F)F)c3c2C(F)(F)[C@@H]2CC32)c(-c2cccc3c(NS(C)(=O)=O)nn(C)c23)cc1N. The van der Waals surface area contributed by atoms with Gasteiger partial charge in [-0.25, -0.2) is 26.0 Å². The number of carbonyl (C=O) groups excluding carboxylic acids is 1. The maximum atomic E-state index is 15.3. The van der Waals surface area contributed by atoms with Crippen LogP contribution in [-0.4, -0.2) is 45.1 Å². The van der Waals surface area contributed by atoms with E-state index in [2.05, 4.69) is 25.2 Å². The monoisotopic (exact) mass is 732 g/mol. The van der Waals surface area contributed by atoms with Crippen LogP contribution in [0.15, 0.2) is 42.5 Å². The molecule has 2 aromatic carbocycles. The fourth-order valence-electron chi connectivity index (χ4n) is 7.06. The number of rotatable bonds is 10. The first-order chi connectivity index (χ1) is 23.9. The second-order valence-electron chi connectivity index (χ2n) is 12.9. The molecule has 0 radical (unpaired) electrons. The summed E-state index contributed by atoms with van der Waals surface area (Å²) in [5, 5.41) is 11.2. The first kappa shape index (κ1) is 34.3. The summed E-state index contributed by atoms with van der Waals surface area (Å²) in [6.45, 7) is 0.730. The van der Waals surface area contributed by atoms with E-state index in [0.717, 1.165) is 18.4 Å². The molecule has 1 unspecified atom stereocenters. The summed E-state index contributed by atoms with van der Waals surface area (Å²) in [6, 6.07) is 8.09. The van der Waals surface area contributed by atoms with E-state index in [0.29, 0.717) is 38.5 Å². The lowest BCUT2D eigenvalue weighted by Crippen LogP contribution is -2.35. The van der Waals surface area contributed by atoms with Crippen LogP contribution in [0.3, 0.4) is 0 Å². The Hall–Kier alpha value is -5.13. The van der Waals surface area contributed by atoms with Crippen LogP contribution in [0.1, 0.15) is 58.7 Å². The van der Waals surface area contributed by atoms with Gasteiger partial charge in [0, 0.05) is 41.1 Å². The maximum Gasteiger partial charge on any atom is 0.293 e. The smallest absolute Gasteiger partial charge is 0.293 e. The highest BCUT2D eigenvalue weighted by molar-refractivity contribution is 7.92. The maximum absolute atomic E-state index is 15.3. The van der Waals surface area contributed by atoms with Gasteiger partial charge in [-0.3, -0.25) is 23.9 Å². The van der Waals surface area contributed by atoms with Crippen LogP contribution in [0.5, 0.6) is 0 Å². The average molecular weight is 733 g/mol. The summed E-state index contributed by atoms with van der Waals surface area (Å²) < 4.78 is 116. The van der Waals surface area contributed by atoms with Crippen molar-refractivity contribution < 1.29 is 39.6 Å². The minimum absolute atomic E-state index is 0.0379. The number of aryl methyl sites for hydroxylation is 2. The number of alkyl halides is 4. The Kier molecular flexibility index (Phi) is 8.07. The molecule has 0 aliphatic heterocycles. The van der Waals surface area contributed by atoms with Crippen molar-refractivity contribution in [2.45, 2.75) is 50.6 Å². The van der Waals surface area contributed by atoms with Crippen LogP contribution in [-0.2, 0) is 40.8 Å². The van der Waals surface area contributed by atoms with Gasteiger partial charge in [0.25, 0.3) is 12.3 Å². The van der Waals surface area contributed by atoms with Crippen molar-refractivity contribution >= 4 is 38.3 Å². The Balaban J connectivity index is 1.34. The molecule has 3 aromatic heterocycles. The molecule has 7 rings (SSSR count). The van der Waals surface area contributed by atoms with E-state index in [1.165, 1.54) is 4.68 Å². The van der Waals surface area contributed by atoms with Gasteiger partial charge in [-0.1, -0.05) is 12.1 Å². The number of halogens is 6. The van der Waals surface area contributed by atoms with Crippen molar-refractivity contribution in [3.05, 3.63) is 88.0 Å². The Morgan fingerprint density at radius 3 is 2.45 bits per heavy atom. The lowest BCUT2D eigenvalue weighted by atomic mass is 9.93. The number of anilines is 2. The van der Waals surface area contributed by atoms with Gasteiger partial charge in [-0.15, -0.1) is 0 Å². The number of para-hydroxylation sites is 1. The largest absolute Gasteiger partial charge is 0.397 e. The molecule has 2 aliphatic rings. The van der Waals surface area contributed by atoms with Crippen molar-refractivity contribution in [1.82, 2.24) is 29.9 Å². The zero-order chi connectivity index (χ0) is 36.7. The molecule has 5 aromatic rings. The predicted octanol–water partition coefficient (Wildman–Crippen LogP) is 5.62. The Bertz CT molecular complexity index is 2340. The van der Waals surface area contributed by atoms with E-state index in [1.54, 1.807) is 38.2 Å². The van der Waals surface area contributed by atoms with Crippen LogP contribution < -0.4 is 15.8 Å². The number of nitrogen functional groups attached to an aromatic ring is 1. The van der Waals surface area contributed by atoms with Crippen molar-refractivity contribution in [1.29, 1.82) is 0 Å². The van der Waals surface area contributed by atoms with Crippen LogP contribution in [0.25, 0.3) is 22.0 Å². The molecule has 0 bridgehead atoms. The third-order valence-electron chi connectivity index (χ3n) is 9.21. The highest BCUT2D eigenvalue weighted by Gasteiger charge is 2.67. The van der Waals surface area contributed by atoms with Gasteiger partial charge in [0.1, 0.15) is 29.6 Å². The molecule has 4 N–H and O–H groups in total. The van der Waals surface area contributed by atoms with Gasteiger partial charge in [0.15, 0.2) is 5.82 Å². The summed E-state index contributed by atoms with van der Waals surface area (Å²) in [5.41, 5.74) is 6.57. The number of aromatic nitrogens is 5. The highest BCUT2D eigenvalue weighted by atomic mass is 32.2. The third-order valence-corrected chi connectivity index (χ3v) is 9.77. The fourth-order valence-corrected chi connectivity index (χ4v) is 7.56. The number of nitrogens with two attached hydrogens (primary N) is 1. The van der Waals surface area contributed by atoms with Crippen LogP contribution in [0, 0.1) is 24.5 Å². The number of pyridine rings is 1. The van der Waals surface area contributed by atoms with E-state index in [4.69, 9.17) is 5.73 Å². The van der Waals surface area contributed by atoms with Gasteiger partial charge in [-0.05, 0) is 55.5 Å². The lowest BCUT2D eigenvalue weighted by Gasteiger charge is -2.24. The van der Waals surface area contributed by atoms with E-state index < -0.39 is 75.7 Å². The molecular formula is C33H30F6N8O3S. The lowest BCUT2D eigenvalue weighted by molar-refractivity contribution is -0.123. The number of hydrogen-bond acceptors (Lipinski definition) is 7. The van der Waals surface area contributed by atoms with Gasteiger partial charge < -0.3 is 11.1 Å². The molecule has 1 amide bonds. The topological polar surface area (TPSA) is 150 Å². The Morgan fingerprint density at radius 1 is 1.08 bits per heavy atom. The summed E-state index contributed by atoms with van der Waals surface area (Å²) in [6.07, 6.45) is -2.38. The molecule has 268 valence electrons. The second kappa shape index (κ2) is 12.0. The summed E-state index contributed by atoms with van der Waals surface area (Å²) in [7, 11) is -2.15.